The summed E-state index contributed by atoms with van der Waals surface area (Å²) < 4.78 is 0. The summed E-state index contributed by atoms with van der Waals surface area (Å²) in [6.07, 6.45) is 11.5. The van der Waals surface area contributed by atoms with Crippen LogP contribution < -0.4 is 5.73 Å². The first-order valence-corrected chi connectivity index (χ1v) is 4.37. The summed E-state index contributed by atoms with van der Waals surface area (Å²) in [5.41, 5.74) is 7.98. The molecule has 0 aromatic heterocycles. The summed E-state index contributed by atoms with van der Waals surface area (Å²) in [7, 11) is 0. The van der Waals surface area contributed by atoms with Gasteiger partial charge in [-0.15, -0.1) is 0 Å². The van der Waals surface area contributed by atoms with Gasteiger partial charge in [0, 0.05) is 24.4 Å². The minimum Gasteiger partial charge on any atom is -0.366 e. The largest absolute Gasteiger partial charge is 0.366 e. The zero-order valence-corrected chi connectivity index (χ0v) is 7.60. The molecule has 1 heterocycles. The first-order chi connectivity index (χ1) is 6.77. The second-order valence-corrected chi connectivity index (χ2v) is 3.17. The molecule has 1 amide bonds. The molecule has 0 aromatic rings. The van der Waals surface area contributed by atoms with Crippen molar-refractivity contribution in [2.24, 2.45) is 10.7 Å². The quantitative estimate of drug-likeness (QED) is 0.658. The molecule has 70 valence electrons. The number of rotatable bonds is 1. The molecule has 3 nitrogen and oxygen atoms in total. The third kappa shape index (κ3) is 1.57. The van der Waals surface area contributed by atoms with Crippen LogP contribution in [0.4, 0.5) is 0 Å². The molecule has 0 saturated carbocycles. The number of fused-ring (bicyclic) bond motifs is 1. The number of aliphatic imine (C=N–C) groups is 1. The predicted molar refractivity (Wildman–Crippen MR) is 55.7 cm³/mol. The Morgan fingerprint density at radius 1 is 1.36 bits per heavy atom. The normalized spacial score (nSPS) is 19.0. The Morgan fingerprint density at radius 2 is 2.21 bits per heavy atom. The number of nitrogens with zero attached hydrogens (tertiary/aromatic N) is 1. The lowest BCUT2D eigenvalue weighted by Crippen LogP contribution is -2.16. The average Bonchev–Trinajstić information content (AvgIpc) is 2.41. The molecule has 2 aliphatic rings. The summed E-state index contributed by atoms with van der Waals surface area (Å²) in [5.74, 6) is -0.355. The number of hydrogen-bond acceptors (Lipinski definition) is 2. The summed E-state index contributed by atoms with van der Waals surface area (Å²) in [4.78, 5) is 15.0. The molecule has 0 saturated heterocycles. The molecule has 0 aromatic carbocycles. The van der Waals surface area contributed by atoms with E-state index in [1.165, 1.54) is 0 Å². The molecular weight excluding hydrogens is 176 g/mol. The molecule has 0 spiro atoms. The van der Waals surface area contributed by atoms with E-state index in [-0.39, 0.29) is 5.91 Å². The smallest absolute Gasteiger partial charge is 0.244 e. The molecule has 0 atom stereocenters. The van der Waals surface area contributed by atoms with Gasteiger partial charge in [-0.2, -0.15) is 0 Å². The Balaban J connectivity index is 2.38. The van der Waals surface area contributed by atoms with Gasteiger partial charge in [-0.05, 0) is 17.2 Å². The number of primary amides is 1. The molecule has 0 bridgehead atoms. The Morgan fingerprint density at radius 3 is 3.00 bits per heavy atom. The molecule has 0 radical (unpaired) electrons. The van der Waals surface area contributed by atoms with E-state index in [0.29, 0.717) is 12.0 Å². The maximum Gasteiger partial charge on any atom is 0.244 e. The molecule has 0 fully saturated rings. The van der Waals surface area contributed by atoms with Gasteiger partial charge >= 0.3 is 0 Å². The second-order valence-electron chi connectivity index (χ2n) is 3.17. The van der Waals surface area contributed by atoms with Crippen LogP contribution in [0, 0.1) is 0 Å². The third-order valence-corrected chi connectivity index (χ3v) is 2.22. The number of carbonyl (C=O) groups is 1. The van der Waals surface area contributed by atoms with E-state index >= 15 is 0 Å². The number of amides is 1. The number of nitrogens with two attached hydrogens (primary N) is 1. The van der Waals surface area contributed by atoms with Gasteiger partial charge in [-0.25, -0.2) is 0 Å². The SMILES string of the molecule is NC(=O)C1=CC=C2C=NC=CC=C2C1. The van der Waals surface area contributed by atoms with Crippen molar-refractivity contribution in [1.29, 1.82) is 0 Å². The number of hydrogen-bond donors (Lipinski definition) is 1. The highest BCUT2D eigenvalue weighted by Gasteiger charge is 2.14. The first kappa shape index (κ1) is 8.69. The van der Waals surface area contributed by atoms with Crippen LogP contribution in [0.1, 0.15) is 6.42 Å². The maximum absolute atomic E-state index is 11.0. The van der Waals surface area contributed by atoms with Gasteiger partial charge in [-0.1, -0.05) is 18.2 Å². The van der Waals surface area contributed by atoms with Crippen LogP contribution in [0.5, 0.6) is 0 Å². The summed E-state index contributed by atoms with van der Waals surface area (Å²) in [6, 6.07) is 0. The van der Waals surface area contributed by atoms with E-state index in [1.807, 2.05) is 18.2 Å². The summed E-state index contributed by atoms with van der Waals surface area (Å²) in [5, 5.41) is 0. The molecule has 2 N–H and O–H groups in total. The Kier molecular flexibility index (Phi) is 2.14. The highest BCUT2D eigenvalue weighted by Crippen LogP contribution is 2.24. The van der Waals surface area contributed by atoms with Crippen LogP contribution in [0.2, 0.25) is 0 Å². The zero-order chi connectivity index (χ0) is 9.97. The lowest BCUT2D eigenvalue weighted by molar-refractivity contribution is -0.114. The Bertz CT molecular complexity index is 423. The molecule has 2 rings (SSSR count). The average molecular weight is 186 g/mol. The van der Waals surface area contributed by atoms with E-state index in [9.17, 15) is 4.79 Å². The van der Waals surface area contributed by atoms with Crippen LogP contribution in [0.3, 0.4) is 0 Å². The van der Waals surface area contributed by atoms with Gasteiger partial charge in [0.05, 0.1) is 0 Å². The predicted octanol–water partition coefficient (Wildman–Crippen LogP) is 1.25. The standard InChI is InChI=1S/C11H10N2O/c12-11(14)9-3-4-10-7-13-5-1-2-8(10)6-9/h1-5,7H,6H2,(H2,12,14). The monoisotopic (exact) mass is 186 g/mol. The van der Waals surface area contributed by atoms with E-state index < -0.39 is 0 Å². The minimum absolute atomic E-state index is 0.355. The third-order valence-electron chi connectivity index (χ3n) is 2.22. The van der Waals surface area contributed by atoms with Gasteiger partial charge in [0.15, 0.2) is 0 Å². The maximum atomic E-state index is 11.0. The molecule has 1 aliphatic carbocycles. The van der Waals surface area contributed by atoms with Gasteiger partial charge < -0.3 is 5.73 Å². The molecule has 3 heteroatoms. The van der Waals surface area contributed by atoms with Crippen molar-refractivity contribution in [2.45, 2.75) is 6.42 Å². The van der Waals surface area contributed by atoms with Gasteiger partial charge in [0.1, 0.15) is 0 Å². The molecular formula is C11H10N2O. The van der Waals surface area contributed by atoms with Gasteiger partial charge in [0.2, 0.25) is 5.91 Å². The van der Waals surface area contributed by atoms with Crippen molar-refractivity contribution in [3.05, 3.63) is 47.2 Å². The number of carbonyl (C=O) groups excluding carboxylic acids is 1. The van der Waals surface area contributed by atoms with Crippen molar-refractivity contribution in [3.8, 4) is 0 Å². The molecule has 1 aliphatic heterocycles. The molecule has 0 unspecified atom stereocenters. The van der Waals surface area contributed by atoms with Crippen molar-refractivity contribution in [1.82, 2.24) is 0 Å². The summed E-state index contributed by atoms with van der Waals surface area (Å²) in [6.45, 7) is 0. The minimum atomic E-state index is -0.355. The van der Waals surface area contributed by atoms with Crippen molar-refractivity contribution >= 4 is 12.1 Å². The number of allylic oxidation sites excluding steroid dienone is 6. The van der Waals surface area contributed by atoms with E-state index in [0.717, 1.165) is 11.1 Å². The second kappa shape index (κ2) is 3.46. The van der Waals surface area contributed by atoms with E-state index in [1.54, 1.807) is 18.5 Å². The summed E-state index contributed by atoms with van der Waals surface area (Å²) >= 11 is 0. The van der Waals surface area contributed by atoms with Crippen molar-refractivity contribution in [3.63, 3.8) is 0 Å². The van der Waals surface area contributed by atoms with Crippen LogP contribution in [-0.4, -0.2) is 12.1 Å². The highest BCUT2D eigenvalue weighted by atomic mass is 16.1. The van der Waals surface area contributed by atoms with E-state index in [4.69, 9.17) is 5.73 Å². The fourth-order valence-corrected chi connectivity index (χ4v) is 1.45. The highest BCUT2D eigenvalue weighted by molar-refractivity contribution is 5.96. The van der Waals surface area contributed by atoms with Crippen LogP contribution in [0.25, 0.3) is 0 Å². The molecule has 14 heavy (non-hydrogen) atoms. The fourth-order valence-electron chi connectivity index (χ4n) is 1.45. The first-order valence-electron chi connectivity index (χ1n) is 4.37. The van der Waals surface area contributed by atoms with Crippen molar-refractivity contribution in [2.75, 3.05) is 0 Å². The lowest BCUT2D eigenvalue weighted by atomic mass is 9.93. The Hall–Kier alpha value is -1.90. The van der Waals surface area contributed by atoms with Crippen LogP contribution >= 0.6 is 0 Å². The lowest BCUT2D eigenvalue weighted by Gasteiger charge is -2.12. The van der Waals surface area contributed by atoms with E-state index in [2.05, 4.69) is 4.99 Å². The van der Waals surface area contributed by atoms with Gasteiger partial charge in [0.25, 0.3) is 0 Å². The topological polar surface area (TPSA) is 55.5 Å². The zero-order valence-electron chi connectivity index (χ0n) is 7.60. The van der Waals surface area contributed by atoms with Crippen LogP contribution in [0.15, 0.2) is 52.2 Å². The Labute approximate surface area is 82.0 Å². The van der Waals surface area contributed by atoms with Crippen LogP contribution in [-0.2, 0) is 4.79 Å². The van der Waals surface area contributed by atoms with Gasteiger partial charge in [-0.3, -0.25) is 9.79 Å². The van der Waals surface area contributed by atoms with Crippen molar-refractivity contribution < 1.29 is 4.79 Å². The fraction of sp³-hybridized carbons (Fsp3) is 0.0909.